The second-order valence-corrected chi connectivity index (χ2v) is 9.55. The van der Waals surface area contributed by atoms with Crippen LogP contribution in [0.2, 0.25) is 5.02 Å². The highest BCUT2D eigenvalue weighted by atomic mass is 35.5. The molecule has 1 fully saturated rings. The fourth-order valence-electron chi connectivity index (χ4n) is 4.80. The Morgan fingerprint density at radius 2 is 1.97 bits per heavy atom. The maximum absolute atomic E-state index is 13.0. The molecule has 12 heteroatoms. The number of aromatic nitrogens is 7. The van der Waals surface area contributed by atoms with E-state index in [2.05, 4.69) is 25.1 Å². The summed E-state index contributed by atoms with van der Waals surface area (Å²) in [4.78, 5) is 38.6. The third kappa shape index (κ3) is 4.53. The van der Waals surface area contributed by atoms with E-state index in [1.807, 2.05) is 42.1 Å². The highest BCUT2D eigenvalue weighted by Gasteiger charge is 2.27. The minimum atomic E-state index is -0.177. The largest absolute Gasteiger partial charge is 0.420 e. The quantitative estimate of drug-likeness (QED) is 0.378. The van der Waals surface area contributed by atoms with Crippen LogP contribution in [0.25, 0.3) is 33.9 Å². The number of nitrogens with one attached hydrogen (secondary N) is 1. The van der Waals surface area contributed by atoms with Gasteiger partial charge in [0.25, 0.3) is 0 Å². The Labute approximate surface area is 215 Å². The lowest BCUT2D eigenvalue weighted by Crippen LogP contribution is -2.41. The van der Waals surface area contributed by atoms with Crippen LogP contribution in [-0.2, 0) is 18.3 Å². The average Bonchev–Trinajstić information content (AvgIpc) is 3.62. The Morgan fingerprint density at radius 1 is 1.16 bits per heavy atom. The lowest BCUT2D eigenvalue weighted by molar-refractivity contribution is -0.132. The minimum Gasteiger partial charge on any atom is -0.420 e. The summed E-state index contributed by atoms with van der Waals surface area (Å²) in [6.07, 6.45) is 6.59. The third-order valence-corrected chi connectivity index (χ3v) is 6.81. The van der Waals surface area contributed by atoms with E-state index in [-0.39, 0.29) is 35.8 Å². The van der Waals surface area contributed by atoms with Crippen molar-refractivity contribution in [2.75, 3.05) is 13.1 Å². The lowest BCUT2D eigenvalue weighted by atomic mass is 10.0. The van der Waals surface area contributed by atoms with Crippen LogP contribution in [0.15, 0.2) is 58.3 Å². The normalized spacial score (nSPS) is 14.5. The minimum absolute atomic E-state index is 0.000589. The number of aromatic amines is 1. The van der Waals surface area contributed by atoms with Gasteiger partial charge in [-0.25, -0.2) is 14.8 Å². The molecule has 1 aromatic carbocycles. The number of hydrogen-bond donors (Lipinski definition) is 1. The summed E-state index contributed by atoms with van der Waals surface area (Å²) in [5, 5.41) is 8.73. The monoisotopic (exact) mass is 518 g/mol. The predicted molar refractivity (Wildman–Crippen MR) is 136 cm³/mol. The summed E-state index contributed by atoms with van der Waals surface area (Å²) >= 11 is 6.33. The van der Waals surface area contributed by atoms with Crippen LogP contribution in [0, 0.1) is 0 Å². The Kier molecular flexibility index (Phi) is 5.84. The Balaban J connectivity index is 1.12. The molecule has 5 heterocycles. The van der Waals surface area contributed by atoms with Gasteiger partial charge in [0, 0.05) is 54.7 Å². The number of likely N-dealkylation sites (tertiary alicyclic amines) is 1. The number of piperidine rings is 1. The molecule has 1 aliphatic heterocycles. The van der Waals surface area contributed by atoms with E-state index in [0.29, 0.717) is 42.2 Å². The van der Waals surface area contributed by atoms with Crippen molar-refractivity contribution < 1.29 is 9.21 Å². The smallest absolute Gasteiger partial charge is 0.327 e. The van der Waals surface area contributed by atoms with E-state index in [1.54, 1.807) is 28.1 Å². The number of imidazole rings is 2. The fraction of sp³-hybridized carbons (Fsp3) is 0.280. The molecule has 0 spiro atoms. The van der Waals surface area contributed by atoms with Crippen LogP contribution in [-0.4, -0.2) is 58.2 Å². The SMILES string of the molecule is Cn1cnc(-c2cc(Cl)cc(-c3nnc(CC(=O)N4CCC(n5c(=O)[nH]c6ncccc65)CC4)o3)c2)c1. The number of hydrogen-bond acceptors (Lipinski definition) is 7. The van der Waals surface area contributed by atoms with Crippen LogP contribution in [0.4, 0.5) is 0 Å². The van der Waals surface area contributed by atoms with E-state index in [9.17, 15) is 9.59 Å². The molecule has 1 saturated heterocycles. The number of H-pyrrole nitrogens is 1. The van der Waals surface area contributed by atoms with Crippen molar-refractivity contribution in [2.24, 2.45) is 7.05 Å². The number of pyridine rings is 1. The maximum Gasteiger partial charge on any atom is 0.327 e. The van der Waals surface area contributed by atoms with E-state index >= 15 is 0 Å². The molecule has 1 aliphatic rings. The second-order valence-electron chi connectivity index (χ2n) is 9.11. The molecular formula is C25H23ClN8O3. The number of benzene rings is 1. The van der Waals surface area contributed by atoms with Crippen molar-refractivity contribution in [3.05, 3.63) is 70.5 Å². The summed E-state index contributed by atoms with van der Waals surface area (Å²) in [6.45, 7) is 1.07. The van der Waals surface area contributed by atoms with Crippen LogP contribution in [0.1, 0.15) is 24.8 Å². The zero-order valence-electron chi connectivity index (χ0n) is 20.0. The van der Waals surface area contributed by atoms with Crippen molar-refractivity contribution in [1.82, 2.24) is 39.2 Å². The van der Waals surface area contributed by atoms with Crippen molar-refractivity contribution in [3.8, 4) is 22.7 Å². The average molecular weight is 519 g/mol. The zero-order chi connectivity index (χ0) is 25.5. The van der Waals surface area contributed by atoms with Crippen molar-refractivity contribution in [3.63, 3.8) is 0 Å². The van der Waals surface area contributed by atoms with E-state index in [1.165, 1.54) is 0 Å². The molecule has 0 bridgehead atoms. The molecule has 11 nitrogen and oxygen atoms in total. The number of amides is 1. The number of fused-ring (bicyclic) bond motifs is 1. The zero-order valence-corrected chi connectivity index (χ0v) is 20.7. The molecule has 188 valence electrons. The number of halogens is 1. The van der Waals surface area contributed by atoms with Crippen molar-refractivity contribution in [2.45, 2.75) is 25.3 Å². The molecule has 0 unspecified atom stereocenters. The highest BCUT2D eigenvalue weighted by molar-refractivity contribution is 6.31. The van der Waals surface area contributed by atoms with Crippen LogP contribution < -0.4 is 5.69 Å². The van der Waals surface area contributed by atoms with Gasteiger partial charge in [0.05, 0.1) is 17.5 Å². The van der Waals surface area contributed by atoms with Crippen molar-refractivity contribution >= 4 is 28.7 Å². The van der Waals surface area contributed by atoms with Crippen LogP contribution in [0.5, 0.6) is 0 Å². The number of aryl methyl sites for hydroxylation is 1. The summed E-state index contributed by atoms with van der Waals surface area (Å²) in [5.41, 5.74) is 3.43. The van der Waals surface area contributed by atoms with E-state index < -0.39 is 0 Å². The first-order valence-electron chi connectivity index (χ1n) is 11.9. The first-order chi connectivity index (χ1) is 17.9. The summed E-state index contributed by atoms with van der Waals surface area (Å²) < 4.78 is 9.42. The molecule has 0 saturated carbocycles. The molecule has 1 amide bonds. The molecule has 5 aromatic rings. The fourth-order valence-corrected chi connectivity index (χ4v) is 5.04. The van der Waals surface area contributed by atoms with Gasteiger partial charge in [-0.05, 0) is 43.2 Å². The van der Waals surface area contributed by atoms with Gasteiger partial charge < -0.3 is 13.9 Å². The Hall–Kier alpha value is -4.25. The second kappa shape index (κ2) is 9.32. The molecule has 1 N–H and O–H groups in total. The third-order valence-electron chi connectivity index (χ3n) is 6.59. The number of carbonyl (C=O) groups is 1. The van der Waals surface area contributed by atoms with E-state index in [4.69, 9.17) is 16.0 Å². The molecular weight excluding hydrogens is 496 g/mol. The first-order valence-corrected chi connectivity index (χ1v) is 12.3. The molecule has 4 aromatic heterocycles. The number of rotatable bonds is 5. The number of nitrogens with zero attached hydrogens (tertiary/aromatic N) is 7. The van der Waals surface area contributed by atoms with Crippen LogP contribution in [0.3, 0.4) is 0 Å². The van der Waals surface area contributed by atoms with Gasteiger partial charge in [-0.3, -0.25) is 14.3 Å². The van der Waals surface area contributed by atoms with Gasteiger partial charge in [0.2, 0.25) is 17.7 Å². The molecule has 6 rings (SSSR count). The molecule has 0 aliphatic carbocycles. The van der Waals surface area contributed by atoms with Gasteiger partial charge in [-0.2, -0.15) is 0 Å². The Bertz CT molecular complexity index is 1660. The molecule has 0 radical (unpaired) electrons. The van der Waals surface area contributed by atoms with Gasteiger partial charge in [0.1, 0.15) is 6.42 Å². The predicted octanol–water partition coefficient (Wildman–Crippen LogP) is 3.23. The van der Waals surface area contributed by atoms with Gasteiger partial charge in [-0.1, -0.05) is 11.6 Å². The lowest BCUT2D eigenvalue weighted by Gasteiger charge is -2.32. The standard InChI is InChI=1S/C25H23ClN8O3/c1-32-13-19(28-14-32)15-9-16(11-17(26)10-15)24-31-30-21(37-24)12-22(35)33-7-4-18(5-8-33)34-20-3-2-6-27-23(20)29-25(34)36/h2-3,6,9-11,13-14,18H,4-5,7-8,12H2,1H3,(H,27,29,36). The first kappa shape index (κ1) is 23.2. The summed E-state index contributed by atoms with van der Waals surface area (Å²) in [6, 6.07) is 9.12. The summed E-state index contributed by atoms with van der Waals surface area (Å²) in [7, 11) is 1.89. The van der Waals surface area contributed by atoms with Crippen molar-refractivity contribution in [1.29, 1.82) is 0 Å². The molecule has 37 heavy (non-hydrogen) atoms. The van der Waals surface area contributed by atoms with Gasteiger partial charge in [0.15, 0.2) is 5.65 Å². The topological polar surface area (TPSA) is 128 Å². The maximum atomic E-state index is 13.0. The summed E-state index contributed by atoms with van der Waals surface area (Å²) in [5.74, 6) is 0.427. The highest BCUT2D eigenvalue weighted by Crippen LogP contribution is 2.29. The van der Waals surface area contributed by atoms with Crippen LogP contribution >= 0.6 is 11.6 Å². The van der Waals surface area contributed by atoms with Gasteiger partial charge >= 0.3 is 5.69 Å². The number of carbonyl (C=O) groups excluding carboxylic acids is 1. The Morgan fingerprint density at radius 3 is 2.76 bits per heavy atom. The van der Waals surface area contributed by atoms with E-state index in [0.717, 1.165) is 16.8 Å². The molecule has 0 atom stereocenters. The van der Waals surface area contributed by atoms with Gasteiger partial charge in [-0.15, -0.1) is 10.2 Å².